The average molecular weight is 388 g/mol. The van der Waals surface area contributed by atoms with Gasteiger partial charge in [-0.3, -0.25) is 4.79 Å². The minimum Gasteiger partial charge on any atom is -0.467 e. The predicted molar refractivity (Wildman–Crippen MR) is 104 cm³/mol. The van der Waals surface area contributed by atoms with Crippen LogP contribution in [-0.4, -0.2) is 57.9 Å². The Labute approximate surface area is 164 Å². The fourth-order valence-corrected chi connectivity index (χ4v) is 3.37. The highest BCUT2D eigenvalue weighted by molar-refractivity contribution is 5.84. The van der Waals surface area contributed by atoms with Crippen molar-refractivity contribution in [2.75, 3.05) is 25.1 Å². The highest BCUT2D eigenvalue weighted by atomic mass is 16.5. The van der Waals surface area contributed by atoms with Gasteiger partial charge in [0.15, 0.2) is 11.5 Å². The first-order valence-electron chi connectivity index (χ1n) is 9.83. The maximum Gasteiger partial charge on any atom is 0.328 e. The maximum absolute atomic E-state index is 12.3. The van der Waals surface area contributed by atoms with Crippen LogP contribution in [0.3, 0.4) is 0 Å². The molecule has 152 valence electrons. The second-order valence-corrected chi connectivity index (χ2v) is 7.44. The van der Waals surface area contributed by atoms with Gasteiger partial charge in [0, 0.05) is 25.9 Å². The molecule has 0 aliphatic carbocycles. The maximum atomic E-state index is 12.3. The number of aromatic nitrogens is 4. The van der Waals surface area contributed by atoms with Crippen LogP contribution < -0.4 is 10.2 Å². The second-order valence-electron chi connectivity index (χ2n) is 7.44. The molecule has 2 aromatic heterocycles. The minimum absolute atomic E-state index is 0.0564. The summed E-state index contributed by atoms with van der Waals surface area (Å²) >= 11 is 0. The molecule has 3 rings (SSSR count). The Balaban J connectivity index is 1.66. The van der Waals surface area contributed by atoms with Crippen molar-refractivity contribution >= 4 is 23.3 Å². The van der Waals surface area contributed by atoms with Crippen molar-refractivity contribution in [2.45, 2.75) is 52.0 Å². The van der Waals surface area contributed by atoms with Crippen LogP contribution in [0, 0.1) is 5.92 Å². The molecule has 0 radical (unpaired) electrons. The van der Waals surface area contributed by atoms with Crippen molar-refractivity contribution in [3.05, 3.63) is 18.0 Å². The summed E-state index contributed by atoms with van der Waals surface area (Å²) in [6, 6.07) is 3.21. The number of piperidine rings is 1. The van der Waals surface area contributed by atoms with Gasteiger partial charge < -0.3 is 15.0 Å². The summed E-state index contributed by atoms with van der Waals surface area (Å²) < 4.78 is 6.46. The second kappa shape index (κ2) is 8.99. The Hall–Kier alpha value is -2.71. The van der Waals surface area contributed by atoms with Crippen LogP contribution >= 0.6 is 0 Å². The molecular weight excluding hydrogens is 360 g/mol. The van der Waals surface area contributed by atoms with Crippen LogP contribution in [0.4, 0.5) is 5.82 Å². The van der Waals surface area contributed by atoms with Gasteiger partial charge in [0.05, 0.1) is 7.11 Å². The lowest BCUT2D eigenvalue weighted by molar-refractivity contribution is -0.146. The van der Waals surface area contributed by atoms with Gasteiger partial charge in [0.25, 0.3) is 0 Å². The number of ether oxygens (including phenoxy) is 1. The Kier molecular flexibility index (Phi) is 6.43. The van der Waals surface area contributed by atoms with E-state index in [0.29, 0.717) is 17.9 Å². The molecule has 2 aromatic rings. The topological polar surface area (TPSA) is 102 Å². The van der Waals surface area contributed by atoms with Crippen molar-refractivity contribution in [2.24, 2.45) is 5.92 Å². The number of carbonyl (C=O) groups is 2. The molecule has 28 heavy (non-hydrogen) atoms. The van der Waals surface area contributed by atoms with E-state index in [1.807, 2.05) is 26.0 Å². The van der Waals surface area contributed by atoms with E-state index in [1.54, 1.807) is 4.52 Å². The molecule has 0 aromatic carbocycles. The summed E-state index contributed by atoms with van der Waals surface area (Å²) in [5.74, 6) is 0.808. The van der Waals surface area contributed by atoms with Crippen LogP contribution in [0.15, 0.2) is 12.1 Å². The number of amides is 1. The number of anilines is 1. The number of hydrogen-bond acceptors (Lipinski definition) is 7. The largest absolute Gasteiger partial charge is 0.467 e. The van der Waals surface area contributed by atoms with Crippen LogP contribution in [0.2, 0.25) is 0 Å². The third-order valence-corrected chi connectivity index (χ3v) is 5.01. The van der Waals surface area contributed by atoms with Gasteiger partial charge in [-0.1, -0.05) is 13.8 Å². The molecule has 9 nitrogen and oxygen atoms in total. The number of fused-ring (bicyclic) bond motifs is 1. The molecule has 0 unspecified atom stereocenters. The van der Waals surface area contributed by atoms with Crippen LogP contribution in [0.5, 0.6) is 0 Å². The van der Waals surface area contributed by atoms with E-state index < -0.39 is 12.0 Å². The summed E-state index contributed by atoms with van der Waals surface area (Å²) in [4.78, 5) is 26.4. The third-order valence-electron chi connectivity index (χ3n) is 5.01. The van der Waals surface area contributed by atoms with Crippen LogP contribution in [0.1, 0.15) is 45.4 Å². The van der Waals surface area contributed by atoms with E-state index in [0.717, 1.165) is 18.9 Å². The number of hydrogen-bond donors (Lipinski definition) is 1. The van der Waals surface area contributed by atoms with Gasteiger partial charge in [0.1, 0.15) is 11.9 Å². The van der Waals surface area contributed by atoms with E-state index in [2.05, 4.69) is 25.5 Å². The molecule has 1 saturated heterocycles. The zero-order valence-corrected chi connectivity index (χ0v) is 16.7. The normalized spacial score (nSPS) is 15.6. The summed E-state index contributed by atoms with van der Waals surface area (Å²) in [6.45, 7) is 5.73. The number of nitrogens with zero attached hydrogens (tertiary/aromatic N) is 5. The zero-order chi connectivity index (χ0) is 20.1. The molecule has 1 aliphatic heterocycles. The van der Waals surface area contributed by atoms with E-state index in [-0.39, 0.29) is 18.2 Å². The van der Waals surface area contributed by atoms with Crippen LogP contribution in [-0.2, 0) is 20.7 Å². The predicted octanol–water partition coefficient (Wildman–Crippen LogP) is 1.36. The molecule has 0 spiro atoms. The molecule has 1 atom stereocenters. The Morgan fingerprint density at radius 1 is 1.18 bits per heavy atom. The van der Waals surface area contributed by atoms with Gasteiger partial charge in [-0.2, -0.15) is 4.52 Å². The molecule has 1 fully saturated rings. The number of nitrogens with one attached hydrogen (secondary N) is 1. The smallest absolute Gasteiger partial charge is 0.328 e. The van der Waals surface area contributed by atoms with Crippen molar-refractivity contribution in [1.29, 1.82) is 0 Å². The standard InChI is InChI=1S/C19H28N6O3/c1-13(2)18(19(27)28-3)20-17(26)10-9-15-22-21-14-7-8-16(23-25(14)15)24-11-5-4-6-12-24/h7-8,13,18H,4-6,9-12H2,1-3H3,(H,20,26)/t18-/m1/s1. The summed E-state index contributed by atoms with van der Waals surface area (Å²) in [5, 5.41) is 15.7. The first-order valence-corrected chi connectivity index (χ1v) is 9.83. The van der Waals surface area contributed by atoms with Gasteiger partial charge in [-0.15, -0.1) is 15.3 Å². The summed E-state index contributed by atoms with van der Waals surface area (Å²) in [7, 11) is 1.32. The van der Waals surface area contributed by atoms with E-state index in [9.17, 15) is 9.59 Å². The summed E-state index contributed by atoms with van der Waals surface area (Å²) in [6.07, 6.45) is 4.18. The lowest BCUT2D eigenvalue weighted by Crippen LogP contribution is -2.45. The van der Waals surface area contributed by atoms with Crippen molar-refractivity contribution in [1.82, 2.24) is 25.1 Å². The number of aryl methyl sites for hydroxylation is 1. The van der Waals surface area contributed by atoms with E-state index in [1.165, 1.54) is 26.4 Å². The third kappa shape index (κ3) is 4.58. The molecule has 9 heteroatoms. The minimum atomic E-state index is -0.656. The molecule has 1 N–H and O–H groups in total. The van der Waals surface area contributed by atoms with Crippen LogP contribution in [0.25, 0.3) is 5.65 Å². The molecule has 1 aliphatic rings. The Morgan fingerprint density at radius 3 is 2.61 bits per heavy atom. The SMILES string of the molecule is COC(=O)[C@H](NC(=O)CCc1nnc2ccc(N3CCCCC3)nn12)C(C)C. The molecule has 0 saturated carbocycles. The fourth-order valence-electron chi connectivity index (χ4n) is 3.37. The van der Waals surface area contributed by atoms with Gasteiger partial charge in [0.2, 0.25) is 5.91 Å². The fraction of sp³-hybridized carbons (Fsp3) is 0.632. The highest BCUT2D eigenvalue weighted by Gasteiger charge is 2.25. The Bertz CT molecular complexity index is 828. The van der Waals surface area contributed by atoms with E-state index >= 15 is 0 Å². The molecule has 0 bridgehead atoms. The van der Waals surface area contributed by atoms with E-state index in [4.69, 9.17) is 4.74 Å². The van der Waals surface area contributed by atoms with Gasteiger partial charge >= 0.3 is 5.97 Å². The number of rotatable bonds is 7. The number of carbonyl (C=O) groups excluding carboxylic acids is 2. The first kappa shape index (κ1) is 20.0. The molecular formula is C19H28N6O3. The lowest BCUT2D eigenvalue weighted by Gasteiger charge is -2.27. The van der Waals surface area contributed by atoms with Crippen molar-refractivity contribution < 1.29 is 14.3 Å². The highest BCUT2D eigenvalue weighted by Crippen LogP contribution is 2.18. The zero-order valence-electron chi connectivity index (χ0n) is 16.7. The van der Waals surface area contributed by atoms with Gasteiger partial charge in [-0.05, 0) is 37.3 Å². The number of esters is 1. The molecule has 1 amide bonds. The summed E-state index contributed by atoms with van der Waals surface area (Å²) in [5.41, 5.74) is 0.658. The van der Waals surface area contributed by atoms with Crippen molar-refractivity contribution in [3.8, 4) is 0 Å². The average Bonchev–Trinajstić information content (AvgIpc) is 3.12. The molecule has 3 heterocycles. The Morgan fingerprint density at radius 2 is 1.93 bits per heavy atom. The monoisotopic (exact) mass is 388 g/mol. The van der Waals surface area contributed by atoms with Gasteiger partial charge in [-0.25, -0.2) is 4.79 Å². The number of methoxy groups -OCH3 is 1. The first-order chi connectivity index (χ1) is 13.5. The quantitative estimate of drug-likeness (QED) is 0.715. The van der Waals surface area contributed by atoms with Crippen molar-refractivity contribution in [3.63, 3.8) is 0 Å². The lowest BCUT2D eigenvalue weighted by atomic mass is 10.0.